The number of carbonyl (C=O) groups excluding carboxylic acids is 1. The Balaban J connectivity index is 2.30. The van der Waals surface area contributed by atoms with Crippen molar-refractivity contribution in [3.05, 3.63) is 38.8 Å². The molecule has 1 fully saturated rings. The van der Waals surface area contributed by atoms with Gasteiger partial charge in [-0.2, -0.15) is 0 Å². The molecule has 2 rings (SSSR count). The molecule has 1 aliphatic heterocycles. The molecule has 1 aliphatic rings. The predicted molar refractivity (Wildman–Crippen MR) is 98.4 cm³/mol. The maximum atomic E-state index is 12.2. The Morgan fingerprint density at radius 3 is 2.80 bits per heavy atom. The predicted octanol–water partition coefficient (Wildman–Crippen LogP) is 1.97. The number of thioether (sulfide) groups is 2. The second-order valence-corrected chi connectivity index (χ2v) is 7.53. The van der Waals surface area contributed by atoms with Gasteiger partial charge >= 0.3 is 5.97 Å². The van der Waals surface area contributed by atoms with Gasteiger partial charge in [0.25, 0.3) is 11.6 Å². The van der Waals surface area contributed by atoms with Crippen molar-refractivity contribution in [2.75, 3.05) is 18.9 Å². The van der Waals surface area contributed by atoms with Gasteiger partial charge in [0.2, 0.25) is 0 Å². The number of carboxylic acid groups (broad SMARTS) is 1. The van der Waals surface area contributed by atoms with Crippen LogP contribution in [0.3, 0.4) is 0 Å². The van der Waals surface area contributed by atoms with Gasteiger partial charge in [-0.15, -0.1) is 11.8 Å². The highest BCUT2D eigenvalue weighted by atomic mass is 32.2. The number of thiocarbonyl (C=S) groups is 1. The van der Waals surface area contributed by atoms with Crippen LogP contribution in [0, 0.1) is 10.1 Å². The fraction of sp³-hybridized carbons (Fsp3) is 0.214. The molecule has 0 radical (unpaired) electrons. The number of hydrogen-bond acceptors (Lipinski definition) is 8. The summed E-state index contributed by atoms with van der Waals surface area (Å²) in [4.78, 5) is 35.2. The third-order valence-corrected chi connectivity index (χ3v) is 5.41. The highest BCUT2D eigenvalue weighted by molar-refractivity contribution is 8.26. The molecule has 0 bridgehead atoms. The minimum absolute atomic E-state index is 0.102. The number of rotatable bonds is 7. The highest BCUT2D eigenvalue weighted by Crippen LogP contribution is 2.34. The fourth-order valence-corrected chi connectivity index (χ4v) is 3.98. The van der Waals surface area contributed by atoms with E-state index in [1.165, 1.54) is 12.1 Å². The molecule has 0 saturated carbocycles. The zero-order valence-electron chi connectivity index (χ0n) is 12.6. The summed E-state index contributed by atoms with van der Waals surface area (Å²) in [5.74, 6) is -1.40. The van der Waals surface area contributed by atoms with Crippen LogP contribution in [-0.4, -0.2) is 55.1 Å². The number of aliphatic hydroxyl groups is 1. The fourth-order valence-electron chi connectivity index (χ4n) is 1.97. The molecular formula is C14H12N2O6S3. The summed E-state index contributed by atoms with van der Waals surface area (Å²) < 4.78 is 0.128. The van der Waals surface area contributed by atoms with Crippen molar-refractivity contribution in [2.24, 2.45) is 0 Å². The number of hydrogen-bond donors (Lipinski definition) is 2. The standard InChI is InChI=1S/C14H12N2O6S3/c17-3-4-24-10-2-1-8(5-9(10)16(21)22)6-11-13(20)15(7-12(18)19)14(23)25-11/h1-2,5-6,17H,3-4,7H2,(H,18,19). The van der Waals surface area contributed by atoms with Gasteiger partial charge < -0.3 is 10.2 Å². The molecule has 0 aromatic heterocycles. The zero-order chi connectivity index (χ0) is 18.6. The van der Waals surface area contributed by atoms with Crippen molar-refractivity contribution in [1.29, 1.82) is 0 Å². The van der Waals surface area contributed by atoms with Crippen molar-refractivity contribution in [2.45, 2.75) is 4.90 Å². The van der Waals surface area contributed by atoms with Crippen LogP contribution in [0.25, 0.3) is 6.08 Å². The summed E-state index contributed by atoms with van der Waals surface area (Å²) >= 11 is 7.10. The summed E-state index contributed by atoms with van der Waals surface area (Å²) in [7, 11) is 0. The van der Waals surface area contributed by atoms with E-state index in [1.807, 2.05) is 0 Å². The van der Waals surface area contributed by atoms with E-state index in [2.05, 4.69) is 0 Å². The third kappa shape index (κ3) is 4.78. The first-order valence-electron chi connectivity index (χ1n) is 6.82. The molecule has 1 heterocycles. The number of nitrogens with zero attached hydrogens (tertiary/aromatic N) is 2. The Labute approximate surface area is 156 Å². The molecule has 0 unspecified atom stereocenters. The second-order valence-electron chi connectivity index (χ2n) is 4.72. The smallest absolute Gasteiger partial charge is 0.323 e. The topological polar surface area (TPSA) is 121 Å². The van der Waals surface area contributed by atoms with Gasteiger partial charge in [-0.1, -0.05) is 30.0 Å². The summed E-state index contributed by atoms with van der Waals surface area (Å²) in [5.41, 5.74) is 0.295. The maximum Gasteiger partial charge on any atom is 0.323 e. The second kappa shape index (κ2) is 8.43. The Kier molecular flexibility index (Phi) is 6.53. The maximum absolute atomic E-state index is 12.2. The average Bonchev–Trinajstić information content (AvgIpc) is 2.80. The number of nitro benzene ring substituents is 1. The zero-order valence-corrected chi connectivity index (χ0v) is 15.0. The van der Waals surface area contributed by atoms with E-state index in [0.29, 0.717) is 16.2 Å². The number of amides is 1. The lowest BCUT2D eigenvalue weighted by atomic mass is 10.2. The number of aliphatic hydroxyl groups excluding tert-OH is 1. The van der Waals surface area contributed by atoms with Crippen LogP contribution in [0.1, 0.15) is 5.56 Å². The van der Waals surface area contributed by atoms with Crippen LogP contribution < -0.4 is 0 Å². The molecule has 132 valence electrons. The minimum atomic E-state index is -1.18. The van der Waals surface area contributed by atoms with Gasteiger partial charge in [-0.3, -0.25) is 24.6 Å². The quantitative estimate of drug-likeness (QED) is 0.232. The lowest BCUT2D eigenvalue weighted by Crippen LogP contribution is -2.33. The first-order valence-corrected chi connectivity index (χ1v) is 9.03. The number of carbonyl (C=O) groups is 2. The van der Waals surface area contributed by atoms with Gasteiger partial charge in [-0.25, -0.2) is 0 Å². The SMILES string of the molecule is O=C(O)CN1C(=O)C(=Cc2ccc(SCCO)c([N+](=O)[O-])c2)SC1=S. The molecule has 8 nitrogen and oxygen atoms in total. The Hall–Kier alpha value is -1.95. The van der Waals surface area contributed by atoms with E-state index < -0.39 is 23.3 Å². The Morgan fingerprint density at radius 1 is 1.48 bits per heavy atom. The molecule has 11 heteroatoms. The number of nitro groups is 1. The summed E-state index contributed by atoms with van der Waals surface area (Å²) in [5, 5.41) is 28.9. The molecule has 0 aliphatic carbocycles. The van der Waals surface area contributed by atoms with Gasteiger partial charge in [0.1, 0.15) is 10.9 Å². The van der Waals surface area contributed by atoms with E-state index in [1.54, 1.807) is 12.1 Å². The monoisotopic (exact) mass is 400 g/mol. The normalized spacial score (nSPS) is 15.9. The van der Waals surface area contributed by atoms with Crippen LogP contribution in [0.2, 0.25) is 0 Å². The van der Waals surface area contributed by atoms with Gasteiger partial charge in [0.05, 0.1) is 21.3 Å². The summed E-state index contributed by atoms with van der Waals surface area (Å²) in [6.07, 6.45) is 1.44. The molecule has 0 atom stereocenters. The molecule has 0 spiro atoms. The third-order valence-electron chi connectivity index (χ3n) is 2.99. The molecule has 25 heavy (non-hydrogen) atoms. The van der Waals surface area contributed by atoms with Crippen molar-refractivity contribution in [3.8, 4) is 0 Å². The lowest BCUT2D eigenvalue weighted by Gasteiger charge is -2.10. The van der Waals surface area contributed by atoms with Crippen molar-refractivity contribution in [3.63, 3.8) is 0 Å². The highest BCUT2D eigenvalue weighted by Gasteiger charge is 2.33. The van der Waals surface area contributed by atoms with Gasteiger partial charge in [0, 0.05) is 11.8 Å². The molecule has 1 aromatic carbocycles. The van der Waals surface area contributed by atoms with E-state index in [9.17, 15) is 19.7 Å². The van der Waals surface area contributed by atoms with Crippen molar-refractivity contribution < 1.29 is 24.7 Å². The Bertz CT molecular complexity index is 780. The summed E-state index contributed by atoms with van der Waals surface area (Å²) in [6, 6.07) is 4.47. The number of carboxylic acids is 1. The van der Waals surface area contributed by atoms with Crippen LogP contribution in [-0.2, 0) is 9.59 Å². The summed E-state index contributed by atoms with van der Waals surface area (Å²) in [6.45, 7) is -0.630. The van der Waals surface area contributed by atoms with E-state index >= 15 is 0 Å². The van der Waals surface area contributed by atoms with Gasteiger partial charge in [-0.05, 0) is 17.7 Å². The van der Waals surface area contributed by atoms with Crippen molar-refractivity contribution in [1.82, 2.24) is 4.90 Å². The van der Waals surface area contributed by atoms with Crippen LogP contribution >= 0.6 is 35.7 Å². The molecular weight excluding hydrogens is 388 g/mol. The first kappa shape index (κ1) is 19.4. The van der Waals surface area contributed by atoms with E-state index in [4.69, 9.17) is 22.4 Å². The van der Waals surface area contributed by atoms with Crippen LogP contribution in [0.5, 0.6) is 0 Å². The van der Waals surface area contributed by atoms with Gasteiger partial charge in [0.15, 0.2) is 0 Å². The van der Waals surface area contributed by atoms with E-state index in [-0.39, 0.29) is 21.5 Å². The first-order chi connectivity index (χ1) is 11.8. The van der Waals surface area contributed by atoms with Crippen LogP contribution in [0.4, 0.5) is 5.69 Å². The number of aliphatic carboxylic acids is 1. The molecule has 2 N–H and O–H groups in total. The van der Waals surface area contributed by atoms with Crippen molar-refractivity contribution >= 4 is 63.7 Å². The molecule has 1 saturated heterocycles. The largest absolute Gasteiger partial charge is 0.480 e. The Morgan fingerprint density at radius 2 is 2.20 bits per heavy atom. The average molecular weight is 400 g/mol. The minimum Gasteiger partial charge on any atom is -0.480 e. The molecule has 1 aromatic rings. The lowest BCUT2D eigenvalue weighted by molar-refractivity contribution is -0.387. The number of benzene rings is 1. The van der Waals surface area contributed by atoms with E-state index in [0.717, 1.165) is 28.4 Å². The van der Waals surface area contributed by atoms with Crippen LogP contribution in [0.15, 0.2) is 28.0 Å². The molecule has 1 amide bonds.